The van der Waals surface area contributed by atoms with Crippen LogP contribution in [0, 0.1) is 5.92 Å². The van der Waals surface area contributed by atoms with Crippen molar-refractivity contribution in [3.63, 3.8) is 0 Å². The van der Waals surface area contributed by atoms with E-state index in [1.165, 1.54) is 0 Å². The second-order valence-corrected chi connectivity index (χ2v) is 3.15. The maximum Gasteiger partial charge on any atom is 0.243 e. The molecule has 0 saturated carbocycles. The molecule has 0 radical (unpaired) electrons. The van der Waals surface area contributed by atoms with Crippen LogP contribution in [0.4, 0.5) is 0 Å². The molecule has 0 bridgehead atoms. The minimum Gasteiger partial charge on any atom is -0.370 e. The molecule has 1 atom stereocenters. The second-order valence-electron chi connectivity index (χ2n) is 3.15. The molecule has 1 unspecified atom stereocenters. The molecule has 0 spiro atoms. The van der Waals surface area contributed by atoms with Gasteiger partial charge in [0.1, 0.15) is 6.61 Å². The van der Waals surface area contributed by atoms with E-state index in [1.54, 1.807) is 0 Å². The zero-order valence-corrected chi connectivity index (χ0v) is 8.99. The summed E-state index contributed by atoms with van der Waals surface area (Å²) in [5.41, 5.74) is 10.3. The van der Waals surface area contributed by atoms with Gasteiger partial charge in [-0.2, -0.15) is 0 Å². The average Bonchev–Trinajstić information content (AvgIpc) is 2.18. The van der Waals surface area contributed by atoms with Crippen molar-refractivity contribution in [3.8, 4) is 0 Å². The molecule has 0 fully saturated rings. The van der Waals surface area contributed by atoms with Gasteiger partial charge in [0, 0.05) is 19.0 Å². The lowest BCUT2D eigenvalue weighted by Crippen LogP contribution is -2.36. The van der Waals surface area contributed by atoms with Crippen molar-refractivity contribution in [3.05, 3.63) is 0 Å². The normalized spacial score (nSPS) is 12.1. The molecule has 88 valence electrons. The quantitative estimate of drug-likeness (QED) is 0.434. The molecule has 0 aromatic rings. The topological polar surface area (TPSA) is 107 Å². The third kappa shape index (κ3) is 6.87. The maximum atomic E-state index is 11.4. The van der Waals surface area contributed by atoms with E-state index in [9.17, 15) is 9.59 Å². The standard InChI is InChI=1S/C9H19N3O3/c1-2-7(5-10)9(14)12-3-4-15-6-8(11)13/h7H,2-6,10H2,1H3,(H2,11,13)(H,12,14). The average molecular weight is 217 g/mol. The molecule has 0 aliphatic rings. The van der Waals surface area contributed by atoms with Gasteiger partial charge < -0.3 is 21.5 Å². The number of ether oxygens (including phenoxy) is 1. The summed E-state index contributed by atoms with van der Waals surface area (Å²) >= 11 is 0. The van der Waals surface area contributed by atoms with Crippen molar-refractivity contribution in [1.29, 1.82) is 0 Å². The monoisotopic (exact) mass is 217 g/mol. The highest BCUT2D eigenvalue weighted by molar-refractivity contribution is 5.78. The van der Waals surface area contributed by atoms with Crippen LogP contribution in [0.5, 0.6) is 0 Å². The summed E-state index contributed by atoms with van der Waals surface area (Å²) in [5.74, 6) is -0.751. The number of amides is 2. The zero-order chi connectivity index (χ0) is 11.7. The number of hydrogen-bond donors (Lipinski definition) is 3. The predicted octanol–water partition coefficient (Wildman–Crippen LogP) is -1.41. The van der Waals surface area contributed by atoms with Crippen molar-refractivity contribution in [2.24, 2.45) is 17.4 Å². The van der Waals surface area contributed by atoms with E-state index >= 15 is 0 Å². The van der Waals surface area contributed by atoms with Crippen LogP contribution in [0.3, 0.4) is 0 Å². The van der Waals surface area contributed by atoms with Crippen LogP contribution < -0.4 is 16.8 Å². The molecule has 6 nitrogen and oxygen atoms in total. The molecule has 0 aromatic heterocycles. The predicted molar refractivity (Wildman–Crippen MR) is 55.9 cm³/mol. The highest BCUT2D eigenvalue weighted by Gasteiger charge is 2.13. The molecular weight excluding hydrogens is 198 g/mol. The van der Waals surface area contributed by atoms with E-state index in [4.69, 9.17) is 16.2 Å². The Morgan fingerprint density at radius 2 is 2.13 bits per heavy atom. The van der Waals surface area contributed by atoms with E-state index in [2.05, 4.69) is 5.32 Å². The third-order valence-corrected chi connectivity index (χ3v) is 1.94. The van der Waals surface area contributed by atoms with Gasteiger partial charge in [0.15, 0.2) is 0 Å². The number of nitrogens with two attached hydrogens (primary N) is 2. The maximum absolute atomic E-state index is 11.4. The molecule has 0 saturated heterocycles. The summed E-state index contributed by atoms with van der Waals surface area (Å²) in [7, 11) is 0. The van der Waals surface area contributed by atoms with Crippen LogP contribution in [0.15, 0.2) is 0 Å². The van der Waals surface area contributed by atoms with Gasteiger partial charge in [-0.15, -0.1) is 0 Å². The van der Waals surface area contributed by atoms with Crippen molar-refractivity contribution < 1.29 is 14.3 Å². The second kappa shape index (κ2) is 8.19. The minimum atomic E-state index is -0.519. The lowest BCUT2D eigenvalue weighted by atomic mass is 10.1. The summed E-state index contributed by atoms with van der Waals surface area (Å²) in [6.07, 6.45) is 0.713. The first-order chi connectivity index (χ1) is 7.11. The summed E-state index contributed by atoms with van der Waals surface area (Å²) in [5, 5.41) is 2.66. The van der Waals surface area contributed by atoms with Gasteiger partial charge in [-0.05, 0) is 6.42 Å². The van der Waals surface area contributed by atoms with Crippen molar-refractivity contribution >= 4 is 11.8 Å². The van der Waals surface area contributed by atoms with Crippen LogP contribution in [0.1, 0.15) is 13.3 Å². The van der Waals surface area contributed by atoms with Gasteiger partial charge in [0.2, 0.25) is 11.8 Å². The van der Waals surface area contributed by atoms with Crippen LogP contribution in [0.2, 0.25) is 0 Å². The van der Waals surface area contributed by atoms with Crippen molar-refractivity contribution in [1.82, 2.24) is 5.32 Å². The largest absolute Gasteiger partial charge is 0.370 e. The summed E-state index contributed by atoms with van der Waals surface area (Å²) in [6, 6.07) is 0. The Morgan fingerprint density at radius 3 is 2.60 bits per heavy atom. The van der Waals surface area contributed by atoms with E-state index in [-0.39, 0.29) is 25.0 Å². The Hall–Kier alpha value is -1.14. The first kappa shape index (κ1) is 13.9. The number of nitrogens with one attached hydrogen (secondary N) is 1. The van der Waals surface area contributed by atoms with Gasteiger partial charge in [0.05, 0.1) is 6.61 Å². The molecule has 15 heavy (non-hydrogen) atoms. The van der Waals surface area contributed by atoms with Crippen LogP contribution in [0.25, 0.3) is 0 Å². The highest BCUT2D eigenvalue weighted by atomic mass is 16.5. The fraction of sp³-hybridized carbons (Fsp3) is 0.778. The molecule has 0 aromatic carbocycles. The Morgan fingerprint density at radius 1 is 1.47 bits per heavy atom. The number of rotatable bonds is 8. The first-order valence-electron chi connectivity index (χ1n) is 4.95. The van der Waals surface area contributed by atoms with Crippen LogP contribution in [-0.4, -0.2) is 38.1 Å². The number of hydrogen-bond acceptors (Lipinski definition) is 4. The highest BCUT2D eigenvalue weighted by Crippen LogP contribution is 1.98. The van der Waals surface area contributed by atoms with Crippen molar-refractivity contribution in [2.45, 2.75) is 13.3 Å². The van der Waals surface area contributed by atoms with Crippen LogP contribution in [-0.2, 0) is 14.3 Å². The SMILES string of the molecule is CCC(CN)C(=O)NCCOCC(N)=O. The molecular formula is C9H19N3O3. The van der Waals surface area contributed by atoms with Crippen molar-refractivity contribution in [2.75, 3.05) is 26.3 Å². The summed E-state index contributed by atoms with van der Waals surface area (Å²) < 4.78 is 4.87. The molecule has 2 amide bonds. The Labute approximate surface area is 89.3 Å². The van der Waals surface area contributed by atoms with Gasteiger partial charge in [0.25, 0.3) is 0 Å². The molecule has 0 aliphatic carbocycles. The first-order valence-corrected chi connectivity index (χ1v) is 4.95. The number of carbonyl (C=O) groups excluding carboxylic acids is 2. The molecule has 6 heteroatoms. The number of primary amides is 1. The Bertz CT molecular complexity index is 205. The van der Waals surface area contributed by atoms with Crippen LogP contribution >= 0.6 is 0 Å². The minimum absolute atomic E-state index is 0.0809. The van der Waals surface area contributed by atoms with Gasteiger partial charge in [-0.1, -0.05) is 6.92 Å². The van der Waals surface area contributed by atoms with E-state index in [1.807, 2.05) is 6.92 Å². The third-order valence-electron chi connectivity index (χ3n) is 1.94. The van der Waals surface area contributed by atoms with E-state index in [0.717, 1.165) is 0 Å². The van der Waals surface area contributed by atoms with Gasteiger partial charge in [-0.25, -0.2) is 0 Å². The Kier molecular flexibility index (Phi) is 7.57. The van der Waals surface area contributed by atoms with E-state index in [0.29, 0.717) is 19.5 Å². The summed E-state index contributed by atoms with van der Waals surface area (Å²) in [6.45, 7) is 2.76. The fourth-order valence-electron chi connectivity index (χ4n) is 1.02. The molecule has 0 rings (SSSR count). The molecule has 0 heterocycles. The van der Waals surface area contributed by atoms with E-state index < -0.39 is 5.91 Å². The van der Waals surface area contributed by atoms with Gasteiger partial charge >= 0.3 is 0 Å². The summed E-state index contributed by atoms with van der Waals surface area (Å²) in [4.78, 5) is 21.7. The smallest absolute Gasteiger partial charge is 0.243 e. The fourth-order valence-corrected chi connectivity index (χ4v) is 1.02. The zero-order valence-electron chi connectivity index (χ0n) is 8.99. The lowest BCUT2D eigenvalue weighted by Gasteiger charge is -2.12. The molecule has 0 aliphatic heterocycles. The lowest BCUT2D eigenvalue weighted by molar-refractivity contribution is -0.125. The Balaban J connectivity index is 3.50. The molecule has 5 N–H and O–H groups in total. The van der Waals surface area contributed by atoms with Gasteiger partial charge in [-0.3, -0.25) is 9.59 Å². The number of carbonyl (C=O) groups is 2.